The molecule has 102 valence electrons. The van der Waals surface area contributed by atoms with Gasteiger partial charge < -0.3 is 5.32 Å². The first-order valence-corrected chi connectivity index (χ1v) is 8.45. The fourth-order valence-corrected chi connectivity index (χ4v) is 3.23. The minimum Gasteiger partial charge on any atom is -0.314 e. The van der Waals surface area contributed by atoms with Gasteiger partial charge in [0.05, 0.1) is 0 Å². The summed E-state index contributed by atoms with van der Waals surface area (Å²) in [4.78, 5) is 1.48. The van der Waals surface area contributed by atoms with Crippen LogP contribution >= 0.6 is 27.3 Å². The standard InChI is InChI=1S/C16H20BrNS/c1-2-18-15(9-10-16-4-3-11-19-16)12-13-5-7-14(17)8-6-13/h3-8,11,15,18H,2,9-10,12H2,1H3. The lowest BCUT2D eigenvalue weighted by atomic mass is 10.0. The molecule has 1 unspecified atom stereocenters. The lowest BCUT2D eigenvalue weighted by Gasteiger charge is -2.17. The monoisotopic (exact) mass is 337 g/mol. The Kier molecular flexibility index (Phi) is 6.08. The topological polar surface area (TPSA) is 12.0 Å². The zero-order valence-corrected chi connectivity index (χ0v) is 13.6. The second kappa shape index (κ2) is 7.83. The van der Waals surface area contributed by atoms with Crippen LogP contribution in [-0.4, -0.2) is 12.6 Å². The molecule has 2 rings (SSSR count). The lowest BCUT2D eigenvalue weighted by Crippen LogP contribution is -2.31. The van der Waals surface area contributed by atoms with Gasteiger partial charge in [-0.2, -0.15) is 0 Å². The van der Waals surface area contributed by atoms with Crippen LogP contribution in [0.3, 0.4) is 0 Å². The van der Waals surface area contributed by atoms with Crippen molar-refractivity contribution in [1.82, 2.24) is 5.32 Å². The number of halogens is 1. The van der Waals surface area contributed by atoms with E-state index >= 15 is 0 Å². The molecule has 1 aromatic heterocycles. The molecule has 0 saturated heterocycles. The van der Waals surface area contributed by atoms with E-state index in [2.05, 4.69) is 69.9 Å². The summed E-state index contributed by atoms with van der Waals surface area (Å²) in [5.41, 5.74) is 1.40. The Labute approximate surface area is 128 Å². The van der Waals surface area contributed by atoms with Crippen molar-refractivity contribution < 1.29 is 0 Å². The average Bonchev–Trinajstić information content (AvgIpc) is 2.92. The van der Waals surface area contributed by atoms with E-state index in [9.17, 15) is 0 Å². The van der Waals surface area contributed by atoms with Crippen LogP contribution in [0.15, 0.2) is 46.3 Å². The maximum atomic E-state index is 3.60. The largest absolute Gasteiger partial charge is 0.314 e. The van der Waals surface area contributed by atoms with Crippen LogP contribution in [0.25, 0.3) is 0 Å². The summed E-state index contributed by atoms with van der Waals surface area (Å²) in [5, 5.41) is 5.76. The first-order chi connectivity index (χ1) is 9.28. The van der Waals surface area contributed by atoms with Gasteiger partial charge in [0.2, 0.25) is 0 Å². The van der Waals surface area contributed by atoms with E-state index in [-0.39, 0.29) is 0 Å². The van der Waals surface area contributed by atoms with Gasteiger partial charge in [0.25, 0.3) is 0 Å². The van der Waals surface area contributed by atoms with E-state index in [0.29, 0.717) is 6.04 Å². The molecule has 0 amide bonds. The predicted molar refractivity (Wildman–Crippen MR) is 88.0 cm³/mol. The summed E-state index contributed by atoms with van der Waals surface area (Å²) in [7, 11) is 0. The smallest absolute Gasteiger partial charge is 0.0175 e. The maximum Gasteiger partial charge on any atom is 0.0175 e. The zero-order valence-electron chi connectivity index (χ0n) is 11.2. The van der Waals surface area contributed by atoms with Crippen molar-refractivity contribution >= 4 is 27.3 Å². The zero-order chi connectivity index (χ0) is 13.5. The molecule has 0 fully saturated rings. The van der Waals surface area contributed by atoms with Gasteiger partial charge in [-0.3, -0.25) is 0 Å². The second-order valence-corrected chi connectivity index (χ2v) is 6.65. The van der Waals surface area contributed by atoms with Gasteiger partial charge in [-0.15, -0.1) is 11.3 Å². The summed E-state index contributed by atoms with van der Waals surface area (Å²) in [6.07, 6.45) is 3.47. The SMILES string of the molecule is CCNC(CCc1cccs1)Cc1ccc(Br)cc1. The van der Waals surface area contributed by atoms with Gasteiger partial charge >= 0.3 is 0 Å². The minimum atomic E-state index is 0.563. The molecule has 1 nitrogen and oxygen atoms in total. The Morgan fingerprint density at radius 2 is 2.00 bits per heavy atom. The van der Waals surface area contributed by atoms with E-state index in [0.717, 1.165) is 17.4 Å². The van der Waals surface area contributed by atoms with Gasteiger partial charge in [-0.1, -0.05) is 41.1 Å². The van der Waals surface area contributed by atoms with Crippen LogP contribution in [0.5, 0.6) is 0 Å². The van der Waals surface area contributed by atoms with Crippen molar-refractivity contribution in [1.29, 1.82) is 0 Å². The number of rotatable bonds is 7. The van der Waals surface area contributed by atoms with E-state index < -0.39 is 0 Å². The Morgan fingerprint density at radius 1 is 1.21 bits per heavy atom. The van der Waals surface area contributed by atoms with Crippen LogP contribution in [0.2, 0.25) is 0 Å². The Morgan fingerprint density at radius 3 is 2.63 bits per heavy atom. The molecule has 0 aliphatic carbocycles. The Balaban J connectivity index is 1.89. The maximum absolute atomic E-state index is 3.60. The third-order valence-corrected chi connectivity index (χ3v) is 4.67. The highest BCUT2D eigenvalue weighted by atomic mass is 79.9. The van der Waals surface area contributed by atoms with Crippen molar-refractivity contribution in [3.63, 3.8) is 0 Å². The molecule has 1 N–H and O–H groups in total. The lowest BCUT2D eigenvalue weighted by molar-refractivity contribution is 0.492. The van der Waals surface area contributed by atoms with Gasteiger partial charge in [-0.05, 0) is 54.9 Å². The van der Waals surface area contributed by atoms with E-state index in [4.69, 9.17) is 0 Å². The minimum absolute atomic E-state index is 0.563. The average molecular weight is 338 g/mol. The Hall–Kier alpha value is -0.640. The van der Waals surface area contributed by atoms with Gasteiger partial charge in [-0.25, -0.2) is 0 Å². The quantitative estimate of drug-likeness (QED) is 0.774. The van der Waals surface area contributed by atoms with Crippen molar-refractivity contribution in [2.75, 3.05) is 6.54 Å². The molecule has 1 atom stereocenters. The normalized spacial score (nSPS) is 12.5. The molecular weight excluding hydrogens is 318 g/mol. The molecular formula is C16H20BrNS. The molecule has 0 bridgehead atoms. The van der Waals surface area contributed by atoms with Crippen LogP contribution in [0, 0.1) is 0 Å². The Bertz CT molecular complexity index is 464. The summed E-state index contributed by atoms with van der Waals surface area (Å²) in [6.45, 7) is 3.21. The number of aryl methyl sites for hydroxylation is 1. The van der Waals surface area contributed by atoms with Gasteiger partial charge in [0.1, 0.15) is 0 Å². The van der Waals surface area contributed by atoms with E-state index in [1.54, 1.807) is 0 Å². The summed E-state index contributed by atoms with van der Waals surface area (Å²) in [6, 6.07) is 13.6. The van der Waals surface area contributed by atoms with Crippen LogP contribution in [0.4, 0.5) is 0 Å². The highest BCUT2D eigenvalue weighted by Gasteiger charge is 2.09. The first kappa shape index (κ1) is 14.8. The predicted octanol–water partition coefficient (Wildman–Crippen LogP) is 4.66. The molecule has 0 aliphatic rings. The van der Waals surface area contributed by atoms with Crippen molar-refractivity contribution in [2.24, 2.45) is 0 Å². The van der Waals surface area contributed by atoms with E-state index in [1.165, 1.54) is 23.3 Å². The molecule has 3 heteroatoms. The van der Waals surface area contributed by atoms with Crippen molar-refractivity contribution in [3.05, 3.63) is 56.7 Å². The number of benzene rings is 1. The first-order valence-electron chi connectivity index (χ1n) is 6.78. The van der Waals surface area contributed by atoms with Crippen LogP contribution < -0.4 is 5.32 Å². The fraction of sp³-hybridized carbons (Fsp3) is 0.375. The molecule has 2 aromatic rings. The molecule has 0 aliphatic heterocycles. The fourth-order valence-electron chi connectivity index (χ4n) is 2.24. The third kappa shape index (κ3) is 5.09. The number of likely N-dealkylation sites (N-methyl/N-ethyl adjacent to an activating group) is 1. The van der Waals surface area contributed by atoms with Crippen molar-refractivity contribution in [3.8, 4) is 0 Å². The number of hydrogen-bond donors (Lipinski definition) is 1. The molecule has 1 heterocycles. The van der Waals surface area contributed by atoms with E-state index in [1.807, 2.05) is 11.3 Å². The summed E-state index contributed by atoms with van der Waals surface area (Å²) >= 11 is 5.34. The molecule has 19 heavy (non-hydrogen) atoms. The second-order valence-electron chi connectivity index (χ2n) is 4.70. The molecule has 1 aromatic carbocycles. The number of nitrogens with one attached hydrogen (secondary N) is 1. The molecule has 0 spiro atoms. The summed E-state index contributed by atoms with van der Waals surface area (Å²) in [5.74, 6) is 0. The number of hydrogen-bond acceptors (Lipinski definition) is 2. The highest BCUT2D eigenvalue weighted by Crippen LogP contribution is 2.16. The third-order valence-electron chi connectivity index (χ3n) is 3.21. The molecule has 0 radical (unpaired) electrons. The van der Waals surface area contributed by atoms with Crippen LogP contribution in [0.1, 0.15) is 23.8 Å². The summed E-state index contributed by atoms with van der Waals surface area (Å²) < 4.78 is 1.15. The number of thiophene rings is 1. The van der Waals surface area contributed by atoms with Gasteiger partial charge in [0.15, 0.2) is 0 Å². The van der Waals surface area contributed by atoms with Crippen LogP contribution in [-0.2, 0) is 12.8 Å². The molecule has 0 saturated carbocycles. The van der Waals surface area contributed by atoms with Gasteiger partial charge in [0, 0.05) is 15.4 Å². The van der Waals surface area contributed by atoms with Crippen molar-refractivity contribution in [2.45, 2.75) is 32.2 Å². The highest BCUT2D eigenvalue weighted by molar-refractivity contribution is 9.10.